The molecule has 3 nitrogen and oxygen atoms in total. The fourth-order valence-corrected chi connectivity index (χ4v) is 0.464. The van der Waals surface area contributed by atoms with E-state index < -0.39 is 0 Å². The van der Waals surface area contributed by atoms with Crippen LogP contribution in [-0.4, -0.2) is 24.3 Å². The standard InChI is InChI=1S/C6H6O2.C2H7N/c7-5-3-1-2-4-6(5)8;1-3-2/h1-4,7-8H;3H,1-2H3. The topological polar surface area (TPSA) is 52.5 Å². The van der Waals surface area contributed by atoms with Crippen LogP contribution in [0.2, 0.25) is 0 Å². The fraction of sp³-hybridized carbons (Fsp3) is 0.250. The van der Waals surface area contributed by atoms with Gasteiger partial charge >= 0.3 is 0 Å². The van der Waals surface area contributed by atoms with Gasteiger partial charge in [-0.25, -0.2) is 0 Å². The van der Waals surface area contributed by atoms with E-state index in [9.17, 15) is 0 Å². The summed E-state index contributed by atoms with van der Waals surface area (Å²) in [5.41, 5.74) is 0. The minimum Gasteiger partial charge on any atom is -0.504 e. The van der Waals surface area contributed by atoms with E-state index in [4.69, 9.17) is 10.2 Å². The molecule has 11 heavy (non-hydrogen) atoms. The van der Waals surface area contributed by atoms with E-state index in [2.05, 4.69) is 5.32 Å². The number of phenolic OH excluding ortho intramolecular Hbond substituents is 2. The van der Waals surface area contributed by atoms with Crippen LogP contribution < -0.4 is 5.32 Å². The average Bonchev–Trinajstić information content (AvgIpc) is 1.97. The van der Waals surface area contributed by atoms with Crippen LogP contribution in [0.5, 0.6) is 11.5 Å². The van der Waals surface area contributed by atoms with Crippen molar-refractivity contribution in [1.29, 1.82) is 0 Å². The van der Waals surface area contributed by atoms with Crippen molar-refractivity contribution in [3.8, 4) is 11.5 Å². The lowest BCUT2D eigenvalue weighted by Crippen LogP contribution is -1.89. The normalized spacial score (nSPS) is 8.18. The van der Waals surface area contributed by atoms with E-state index in [1.165, 1.54) is 12.1 Å². The molecule has 0 amide bonds. The summed E-state index contributed by atoms with van der Waals surface area (Å²) in [6.07, 6.45) is 0. The summed E-state index contributed by atoms with van der Waals surface area (Å²) < 4.78 is 0. The molecule has 0 spiro atoms. The van der Waals surface area contributed by atoms with Crippen molar-refractivity contribution in [3.05, 3.63) is 24.3 Å². The number of rotatable bonds is 0. The molecule has 1 aromatic carbocycles. The Kier molecular flexibility index (Phi) is 4.94. The summed E-state index contributed by atoms with van der Waals surface area (Å²) in [7, 11) is 3.75. The molecule has 0 radical (unpaired) electrons. The minimum atomic E-state index is -0.0764. The van der Waals surface area contributed by atoms with Crippen molar-refractivity contribution >= 4 is 0 Å². The maximum atomic E-state index is 8.67. The summed E-state index contributed by atoms with van der Waals surface area (Å²) >= 11 is 0. The van der Waals surface area contributed by atoms with E-state index in [1.54, 1.807) is 12.1 Å². The zero-order valence-corrected chi connectivity index (χ0v) is 6.70. The molecule has 1 rings (SSSR count). The predicted molar refractivity (Wildman–Crippen MR) is 44.8 cm³/mol. The van der Waals surface area contributed by atoms with Gasteiger partial charge in [0.15, 0.2) is 11.5 Å². The van der Waals surface area contributed by atoms with Gasteiger partial charge in [0, 0.05) is 0 Å². The summed E-state index contributed by atoms with van der Waals surface area (Å²) in [4.78, 5) is 0. The average molecular weight is 155 g/mol. The molecule has 0 saturated carbocycles. The molecule has 0 bridgehead atoms. The Bertz CT molecular complexity index is 180. The van der Waals surface area contributed by atoms with Crippen molar-refractivity contribution in [1.82, 2.24) is 5.32 Å². The van der Waals surface area contributed by atoms with Gasteiger partial charge in [0.25, 0.3) is 0 Å². The van der Waals surface area contributed by atoms with Crippen molar-refractivity contribution in [2.45, 2.75) is 0 Å². The molecule has 3 N–H and O–H groups in total. The summed E-state index contributed by atoms with van der Waals surface area (Å²) in [5.74, 6) is -0.153. The monoisotopic (exact) mass is 155 g/mol. The molecule has 1 aromatic rings. The Labute approximate surface area is 66.3 Å². The Morgan fingerprint density at radius 2 is 1.27 bits per heavy atom. The smallest absolute Gasteiger partial charge is 0.157 e. The highest BCUT2D eigenvalue weighted by atomic mass is 16.3. The third kappa shape index (κ3) is 4.22. The first-order chi connectivity index (χ1) is 5.22. The lowest BCUT2D eigenvalue weighted by molar-refractivity contribution is 0.404. The van der Waals surface area contributed by atoms with Crippen LogP contribution in [0, 0.1) is 0 Å². The lowest BCUT2D eigenvalue weighted by Gasteiger charge is -1.91. The van der Waals surface area contributed by atoms with Crippen LogP contribution in [-0.2, 0) is 0 Å². The van der Waals surface area contributed by atoms with Gasteiger partial charge in [-0.05, 0) is 26.2 Å². The number of para-hydroxylation sites is 2. The van der Waals surface area contributed by atoms with Gasteiger partial charge in [0.05, 0.1) is 0 Å². The predicted octanol–water partition coefficient (Wildman–Crippen LogP) is 0.933. The van der Waals surface area contributed by atoms with E-state index in [-0.39, 0.29) is 11.5 Å². The maximum Gasteiger partial charge on any atom is 0.157 e. The molecule has 0 unspecified atom stereocenters. The molecule has 0 aliphatic heterocycles. The quantitative estimate of drug-likeness (QED) is 0.488. The zero-order valence-electron chi connectivity index (χ0n) is 6.70. The van der Waals surface area contributed by atoms with Gasteiger partial charge in [-0.3, -0.25) is 0 Å². The Balaban J connectivity index is 0.000000292. The van der Waals surface area contributed by atoms with Gasteiger partial charge in [0.1, 0.15) is 0 Å². The number of benzene rings is 1. The van der Waals surface area contributed by atoms with Gasteiger partial charge in [-0.15, -0.1) is 0 Å². The second-order valence-electron chi connectivity index (χ2n) is 1.99. The molecule has 3 heteroatoms. The maximum absolute atomic E-state index is 8.67. The highest BCUT2D eigenvalue weighted by Crippen LogP contribution is 2.21. The number of nitrogens with one attached hydrogen (secondary N) is 1. The Morgan fingerprint density at radius 1 is 1.00 bits per heavy atom. The zero-order chi connectivity index (χ0) is 8.69. The first kappa shape index (κ1) is 9.78. The van der Waals surface area contributed by atoms with E-state index in [1.807, 2.05) is 14.1 Å². The van der Waals surface area contributed by atoms with Crippen LogP contribution in [0.15, 0.2) is 24.3 Å². The Morgan fingerprint density at radius 3 is 1.45 bits per heavy atom. The highest BCUT2D eigenvalue weighted by molar-refractivity contribution is 5.36. The number of aromatic hydroxyl groups is 2. The van der Waals surface area contributed by atoms with Crippen LogP contribution in [0.1, 0.15) is 0 Å². The van der Waals surface area contributed by atoms with Gasteiger partial charge < -0.3 is 15.5 Å². The first-order valence-corrected chi connectivity index (χ1v) is 3.27. The van der Waals surface area contributed by atoms with Crippen LogP contribution in [0.3, 0.4) is 0 Å². The van der Waals surface area contributed by atoms with E-state index >= 15 is 0 Å². The fourth-order valence-electron chi connectivity index (χ4n) is 0.464. The molecule has 0 saturated heterocycles. The van der Waals surface area contributed by atoms with Crippen molar-refractivity contribution in [2.24, 2.45) is 0 Å². The number of phenols is 2. The summed E-state index contributed by atoms with van der Waals surface area (Å²) in [5, 5.41) is 20.1. The molecular weight excluding hydrogens is 142 g/mol. The van der Waals surface area contributed by atoms with Crippen LogP contribution in [0.4, 0.5) is 0 Å². The molecule has 0 fully saturated rings. The van der Waals surface area contributed by atoms with Crippen molar-refractivity contribution in [3.63, 3.8) is 0 Å². The van der Waals surface area contributed by atoms with Crippen LogP contribution in [0.25, 0.3) is 0 Å². The largest absolute Gasteiger partial charge is 0.504 e. The lowest BCUT2D eigenvalue weighted by atomic mass is 10.3. The van der Waals surface area contributed by atoms with Gasteiger partial charge in [-0.1, -0.05) is 12.1 Å². The minimum absolute atomic E-state index is 0.0764. The number of hydrogen-bond donors (Lipinski definition) is 3. The van der Waals surface area contributed by atoms with Crippen molar-refractivity contribution in [2.75, 3.05) is 14.1 Å². The third-order valence-electron chi connectivity index (χ3n) is 0.882. The number of hydrogen-bond acceptors (Lipinski definition) is 3. The van der Waals surface area contributed by atoms with E-state index in [0.29, 0.717) is 0 Å². The molecule has 0 atom stereocenters. The molecule has 0 aliphatic rings. The molecule has 0 aliphatic carbocycles. The second-order valence-corrected chi connectivity index (χ2v) is 1.99. The molecular formula is C8H13NO2. The molecule has 62 valence electrons. The summed E-state index contributed by atoms with van der Waals surface area (Å²) in [6.45, 7) is 0. The molecule has 0 aromatic heterocycles. The van der Waals surface area contributed by atoms with Crippen molar-refractivity contribution < 1.29 is 10.2 Å². The van der Waals surface area contributed by atoms with E-state index in [0.717, 1.165) is 0 Å². The summed E-state index contributed by atoms with van der Waals surface area (Å²) in [6, 6.07) is 6.15. The third-order valence-corrected chi connectivity index (χ3v) is 0.882. The first-order valence-electron chi connectivity index (χ1n) is 3.27. The Hall–Kier alpha value is -1.22. The van der Waals surface area contributed by atoms with Gasteiger partial charge in [-0.2, -0.15) is 0 Å². The van der Waals surface area contributed by atoms with Gasteiger partial charge in [0.2, 0.25) is 0 Å². The van der Waals surface area contributed by atoms with Crippen LogP contribution >= 0.6 is 0 Å². The SMILES string of the molecule is CNC.Oc1ccccc1O. The molecule has 0 heterocycles. The highest BCUT2D eigenvalue weighted by Gasteiger charge is 1.90. The second kappa shape index (κ2) is 5.56.